The molecule has 0 radical (unpaired) electrons. The largest absolute Gasteiger partial charge is 0.317 e. The number of nitrogens with one attached hydrogen (secondary N) is 1. The van der Waals surface area contributed by atoms with Gasteiger partial charge in [-0.15, -0.1) is 0 Å². The van der Waals surface area contributed by atoms with Crippen LogP contribution >= 0.6 is 0 Å². The van der Waals surface area contributed by atoms with Crippen LogP contribution in [0.5, 0.6) is 0 Å². The number of rotatable bonds is 1. The molecule has 0 aromatic heterocycles. The van der Waals surface area contributed by atoms with Gasteiger partial charge in [-0.3, -0.25) is 4.90 Å². The summed E-state index contributed by atoms with van der Waals surface area (Å²) in [6.45, 7) is 8.62. The molecule has 0 amide bonds. The molecule has 2 aliphatic rings. The van der Waals surface area contributed by atoms with E-state index in [1.54, 1.807) is 0 Å². The lowest BCUT2D eigenvalue weighted by molar-refractivity contribution is 0.0207. The third-order valence-electron chi connectivity index (χ3n) is 3.96. The van der Waals surface area contributed by atoms with Gasteiger partial charge >= 0.3 is 0 Å². The maximum atomic E-state index is 3.45. The fraction of sp³-hybridized carbons (Fsp3) is 1.00. The molecule has 2 fully saturated rings. The van der Waals surface area contributed by atoms with Crippen LogP contribution in [0.4, 0.5) is 0 Å². The molecule has 0 aromatic carbocycles. The Bertz CT molecular complexity index is 183. The zero-order valence-electron chi connectivity index (χ0n) is 9.68. The monoisotopic (exact) mass is 196 g/mol. The molecule has 82 valence electrons. The van der Waals surface area contributed by atoms with Gasteiger partial charge in [-0.05, 0) is 59.2 Å². The van der Waals surface area contributed by atoms with Crippen LogP contribution in [0.1, 0.15) is 46.0 Å². The Kier molecular flexibility index (Phi) is 3.13. The topological polar surface area (TPSA) is 15.3 Å². The van der Waals surface area contributed by atoms with Crippen molar-refractivity contribution in [3.63, 3.8) is 0 Å². The van der Waals surface area contributed by atoms with E-state index >= 15 is 0 Å². The van der Waals surface area contributed by atoms with E-state index in [0.29, 0.717) is 5.54 Å². The Morgan fingerprint density at radius 1 is 1.14 bits per heavy atom. The quantitative estimate of drug-likeness (QED) is 0.690. The van der Waals surface area contributed by atoms with Crippen LogP contribution in [0, 0.1) is 0 Å². The van der Waals surface area contributed by atoms with E-state index in [4.69, 9.17) is 0 Å². The second-order valence-electron chi connectivity index (χ2n) is 5.44. The third kappa shape index (κ3) is 2.12. The van der Waals surface area contributed by atoms with E-state index in [1.807, 2.05) is 0 Å². The summed E-state index contributed by atoms with van der Waals surface area (Å²) in [4.78, 5) is 2.78. The molecule has 0 spiro atoms. The van der Waals surface area contributed by atoms with Gasteiger partial charge in [0, 0.05) is 11.6 Å². The van der Waals surface area contributed by atoms with Crippen LogP contribution < -0.4 is 5.32 Å². The van der Waals surface area contributed by atoms with Gasteiger partial charge in [0.25, 0.3) is 0 Å². The summed E-state index contributed by atoms with van der Waals surface area (Å²) in [7, 11) is 0. The van der Waals surface area contributed by atoms with E-state index in [-0.39, 0.29) is 0 Å². The molecule has 2 heteroatoms. The molecule has 2 aliphatic heterocycles. The average molecular weight is 196 g/mol. The maximum Gasteiger partial charge on any atom is 0.0156 e. The molecule has 0 aliphatic carbocycles. The lowest BCUT2D eigenvalue weighted by atomic mass is 9.87. The van der Waals surface area contributed by atoms with E-state index < -0.39 is 0 Å². The van der Waals surface area contributed by atoms with Crippen molar-refractivity contribution in [2.75, 3.05) is 19.6 Å². The minimum absolute atomic E-state index is 0.459. The molecule has 1 N–H and O–H groups in total. The van der Waals surface area contributed by atoms with Crippen LogP contribution in [0.2, 0.25) is 0 Å². The summed E-state index contributed by atoms with van der Waals surface area (Å²) in [6.07, 6.45) is 6.92. The van der Waals surface area contributed by atoms with Crippen LogP contribution in [-0.2, 0) is 0 Å². The highest BCUT2D eigenvalue weighted by atomic mass is 15.2. The van der Waals surface area contributed by atoms with Crippen molar-refractivity contribution < 1.29 is 0 Å². The minimum atomic E-state index is 0.459. The smallest absolute Gasteiger partial charge is 0.0156 e. The van der Waals surface area contributed by atoms with Gasteiger partial charge in [-0.2, -0.15) is 0 Å². The summed E-state index contributed by atoms with van der Waals surface area (Å²) in [5.41, 5.74) is 0.459. The zero-order chi connectivity index (χ0) is 10.0. The molecular weight excluding hydrogens is 172 g/mol. The summed E-state index contributed by atoms with van der Waals surface area (Å²) in [5, 5.41) is 3.45. The lowest BCUT2D eigenvalue weighted by Crippen LogP contribution is -2.55. The van der Waals surface area contributed by atoms with Gasteiger partial charge in [0.05, 0.1) is 0 Å². The zero-order valence-corrected chi connectivity index (χ0v) is 9.68. The number of likely N-dealkylation sites (tertiary alicyclic amines) is 1. The Morgan fingerprint density at radius 3 is 2.50 bits per heavy atom. The van der Waals surface area contributed by atoms with Crippen molar-refractivity contribution in [1.82, 2.24) is 10.2 Å². The first-order chi connectivity index (χ1) is 6.70. The minimum Gasteiger partial charge on any atom is -0.317 e. The number of piperidine rings is 2. The van der Waals surface area contributed by atoms with Gasteiger partial charge < -0.3 is 5.32 Å². The maximum absolute atomic E-state index is 3.45. The van der Waals surface area contributed by atoms with Gasteiger partial charge in [-0.25, -0.2) is 0 Å². The predicted molar refractivity (Wildman–Crippen MR) is 60.5 cm³/mol. The van der Waals surface area contributed by atoms with E-state index in [2.05, 4.69) is 24.1 Å². The molecule has 0 atom stereocenters. The summed E-state index contributed by atoms with van der Waals surface area (Å²) in [6, 6.07) is 0.853. The number of nitrogens with zero attached hydrogens (tertiary/aromatic N) is 1. The van der Waals surface area contributed by atoms with Crippen LogP contribution in [0.15, 0.2) is 0 Å². The molecule has 2 nitrogen and oxygen atoms in total. The summed E-state index contributed by atoms with van der Waals surface area (Å²) < 4.78 is 0. The van der Waals surface area contributed by atoms with Crippen molar-refractivity contribution in [3.05, 3.63) is 0 Å². The Morgan fingerprint density at radius 2 is 1.86 bits per heavy atom. The van der Waals surface area contributed by atoms with Crippen molar-refractivity contribution in [1.29, 1.82) is 0 Å². The van der Waals surface area contributed by atoms with Crippen LogP contribution in [-0.4, -0.2) is 36.1 Å². The molecule has 2 rings (SSSR count). The first-order valence-corrected chi connectivity index (χ1v) is 6.18. The molecule has 0 bridgehead atoms. The first kappa shape index (κ1) is 10.4. The highest BCUT2D eigenvalue weighted by Crippen LogP contribution is 2.31. The fourth-order valence-electron chi connectivity index (χ4n) is 3.08. The van der Waals surface area contributed by atoms with Crippen LogP contribution in [0.25, 0.3) is 0 Å². The van der Waals surface area contributed by atoms with Gasteiger partial charge in [0.15, 0.2) is 0 Å². The van der Waals surface area contributed by atoms with Gasteiger partial charge in [0.2, 0.25) is 0 Å². The average Bonchev–Trinajstić information content (AvgIpc) is 2.18. The summed E-state index contributed by atoms with van der Waals surface area (Å²) in [5.74, 6) is 0. The molecule has 14 heavy (non-hydrogen) atoms. The highest BCUT2D eigenvalue weighted by molar-refractivity contribution is 4.91. The van der Waals surface area contributed by atoms with Crippen molar-refractivity contribution >= 4 is 0 Å². The van der Waals surface area contributed by atoms with E-state index in [9.17, 15) is 0 Å². The van der Waals surface area contributed by atoms with E-state index in [0.717, 1.165) is 6.04 Å². The third-order valence-corrected chi connectivity index (χ3v) is 3.96. The number of hydrogen-bond donors (Lipinski definition) is 1. The van der Waals surface area contributed by atoms with Crippen molar-refractivity contribution in [3.8, 4) is 0 Å². The van der Waals surface area contributed by atoms with Gasteiger partial charge in [-0.1, -0.05) is 6.42 Å². The predicted octanol–water partition coefficient (Wildman–Crippen LogP) is 2.00. The number of hydrogen-bond acceptors (Lipinski definition) is 2. The van der Waals surface area contributed by atoms with E-state index in [1.165, 1.54) is 51.7 Å². The SMILES string of the molecule is CC1(C)CCCCN1C1CCNCC1. The Hall–Kier alpha value is -0.0800. The molecular formula is C12H24N2. The summed E-state index contributed by atoms with van der Waals surface area (Å²) >= 11 is 0. The Balaban J connectivity index is 1.99. The highest BCUT2D eigenvalue weighted by Gasteiger charge is 2.34. The molecule has 0 unspecified atom stereocenters. The molecule has 2 saturated heterocycles. The first-order valence-electron chi connectivity index (χ1n) is 6.18. The molecule has 2 heterocycles. The second-order valence-corrected chi connectivity index (χ2v) is 5.44. The van der Waals surface area contributed by atoms with Crippen molar-refractivity contribution in [2.24, 2.45) is 0 Å². The molecule has 0 saturated carbocycles. The standard InChI is InChI=1S/C12H24N2/c1-12(2)7-3-4-10-14(12)11-5-8-13-9-6-11/h11,13H,3-10H2,1-2H3. The normalized spacial score (nSPS) is 30.4. The van der Waals surface area contributed by atoms with Gasteiger partial charge in [0.1, 0.15) is 0 Å². The Labute approximate surface area is 88.1 Å². The fourth-order valence-corrected chi connectivity index (χ4v) is 3.08. The van der Waals surface area contributed by atoms with Crippen LogP contribution in [0.3, 0.4) is 0 Å². The second kappa shape index (κ2) is 4.19. The van der Waals surface area contributed by atoms with Crippen molar-refractivity contribution in [2.45, 2.75) is 57.5 Å². The molecule has 0 aromatic rings. The lowest BCUT2D eigenvalue weighted by Gasteiger charge is -2.48.